The second kappa shape index (κ2) is 14.8. The molecule has 0 aliphatic carbocycles. The number of hydrogen-bond acceptors (Lipinski definition) is 9. The molecule has 2 aromatic carbocycles. The number of rotatable bonds is 9. The predicted molar refractivity (Wildman–Crippen MR) is 186 cm³/mol. The minimum atomic E-state index is -4.58. The molecule has 3 amide bonds. The van der Waals surface area contributed by atoms with Crippen LogP contribution in [0.25, 0.3) is 0 Å². The lowest BCUT2D eigenvalue weighted by molar-refractivity contribution is -0.138. The van der Waals surface area contributed by atoms with E-state index in [1.165, 1.54) is 6.07 Å². The summed E-state index contributed by atoms with van der Waals surface area (Å²) in [6.07, 6.45) is 0.257. The first-order chi connectivity index (χ1) is 25.1. The number of ether oxygens (including phenoxy) is 1. The van der Waals surface area contributed by atoms with Crippen LogP contribution in [0, 0.1) is 11.3 Å². The van der Waals surface area contributed by atoms with Crippen molar-refractivity contribution in [3.63, 3.8) is 0 Å². The lowest BCUT2D eigenvalue weighted by Crippen LogP contribution is -2.52. The summed E-state index contributed by atoms with van der Waals surface area (Å²) in [4.78, 5) is 49.7. The minimum Gasteiger partial charge on any atom is -0.478 e. The van der Waals surface area contributed by atoms with Crippen LogP contribution < -0.4 is 19.9 Å². The smallest absolute Gasteiger partial charge is 0.417 e. The number of nitrogens with zero attached hydrogens (tertiary/aromatic N) is 6. The van der Waals surface area contributed by atoms with Crippen molar-refractivity contribution in [1.29, 1.82) is 5.26 Å². The number of hydrogen-bond donors (Lipinski definition) is 1. The fourth-order valence-corrected chi connectivity index (χ4v) is 7.70. The first kappa shape index (κ1) is 35.3. The van der Waals surface area contributed by atoms with Crippen molar-refractivity contribution in [2.45, 2.75) is 56.8 Å². The maximum absolute atomic E-state index is 13.4. The zero-order valence-electron chi connectivity index (χ0n) is 28.7. The Morgan fingerprint density at radius 1 is 0.904 bits per heavy atom. The van der Waals surface area contributed by atoms with Gasteiger partial charge >= 0.3 is 6.18 Å². The Bertz CT molecular complexity index is 1860. The summed E-state index contributed by atoms with van der Waals surface area (Å²) in [5, 5.41) is 11.4. The van der Waals surface area contributed by atoms with Crippen molar-refractivity contribution in [3.05, 3.63) is 82.5 Å². The number of benzene rings is 2. The number of carbonyl (C=O) groups is 3. The fraction of sp³-hybridized carbons (Fsp3) is 0.447. The van der Waals surface area contributed by atoms with Gasteiger partial charge in [0.05, 0.1) is 23.8 Å². The number of piperidine rings is 2. The molecule has 3 saturated heterocycles. The van der Waals surface area contributed by atoms with Crippen LogP contribution in [0.5, 0.6) is 5.88 Å². The zero-order chi connectivity index (χ0) is 36.4. The van der Waals surface area contributed by atoms with Gasteiger partial charge in [-0.3, -0.25) is 24.6 Å². The van der Waals surface area contributed by atoms with E-state index in [1.54, 1.807) is 17.0 Å². The lowest BCUT2D eigenvalue weighted by Gasteiger charge is -2.36. The van der Waals surface area contributed by atoms with Crippen LogP contribution in [0.15, 0.2) is 54.7 Å². The highest BCUT2D eigenvalue weighted by atomic mass is 19.4. The molecule has 0 spiro atoms. The molecule has 1 N–H and O–H groups in total. The SMILES string of the molecule is N#Cc1ccc(N2CCC(c3ccc(OCCCN4CCN(c5ccc6c(c5)CN(C5CCC(=O)NC5=O)C6=O)CC4)nc3)CC2)cc1C(F)(F)F. The normalized spacial score (nSPS) is 20.2. The van der Waals surface area contributed by atoms with Gasteiger partial charge in [0.25, 0.3) is 5.91 Å². The molecule has 0 saturated carbocycles. The van der Waals surface area contributed by atoms with Crippen molar-refractivity contribution >= 4 is 29.1 Å². The molecule has 14 heteroatoms. The predicted octanol–water partition coefficient (Wildman–Crippen LogP) is 4.71. The molecule has 1 unspecified atom stereocenters. The molecule has 52 heavy (non-hydrogen) atoms. The Morgan fingerprint density at radius 3 is 2.33 bits per heavy atom. The third kappa shape index (κ3) is 7.55. The number of imide groups is 1. The van der Waals surface area contributed by atoms with Gasteiger partial charge in [0.1, 0.15) is 6.04 Å². The van der Waals surface area contributed by atoms with Crippen LogP contribution in [-0.4, -0.2) is 91.0 Å². The van der Waals surface area contributed by atoms with Crippen LogP contribution in [0.2, 0.25) is 0 Å². The Labute approximate surface area is 299 Å². The number of halogens is 3. The number of alkyl halides is 3. The van der Waals surface area contributed by atoms with Crippen molar-refractivity contribution in [2.24, 2.45) is 0 Å². The van der Waals surface area contributed by atoms with Gasteiger partial charge in [-0.05, 0) is 79.1 Å². The van der Waals surface area contributed by atoms with E-state index in [1.807, 2.05) is 35.4 Å². The average Bonchev–Trinajstić information content (AvgIpc) is 3.48. The Hall–Kier alpha value is -5.16. The van der Waals surface area contributed by atoms with Gasteiger partial charge in [-0.2, -0.15) is 18.4 Å². The molecule has 3 aromatic rings. The number of carbonyl (C=O) groups excluding carboxylic acids is 3. The van der Waals surface area contributed by atoms with Gasteiger partial charge in [-0.1, -0.05) is 6.07 Å². The van der Waals surface area contributed by atoms with Crippen molar-refractivity contribution in [2.75, 3.05) is 62.2 Å². The molecule has 1 atom stereocenters. The molecule has 272 valence electrons. The summed E-state index contributed by atoms with van der Waals surface area (Å²) in [5.74, 6) is -0.0468. The second-order valence-corrected chi connectivity index (χ2v) is 13.8. The molecular weight excluding hydrogens is 675 g/mol. The molecular formula is C38H40F3N7O4. The summed E-state index contributed by atoms with van der Waals surface area (Å²) in [6, 6.07) is 14.7. The first-order valence-corrected chi connectivity index (χ1v) is 17.8. The van der Waals surface area contributed by atoms with Gasteiger partial charge in [-0.25, -0.2) is 4.98 Å². The van der Waals surface area contributed by atoms with Gasteiger partial charge in [0, 0.05) is 88.0 Å². The third-order valence-electron chi connectivity index (χ3n) is 10.6. The molecule has 5 heterocycles. The fourth-order valence-electron chi connectivity index (χ4n) is 7.70. The van der Waals surface area contributed by atoms with Crippen molar-refractivity contribution in [1.82, 2.24) is 20.1 Å². The van der Waals surface area contributed by atoms with Gasteiger partial charge < -0.3 is 19.4 Å². The van der Waals surface area contributed by atoms with Crippen LogP contribution >= 0.6 is 0 Å². The highest BCUT2D eigenvalue weighted by Gasteiger charge is 2.39. The number of pyridine rings is 1. The molecule has 4 aliphatic heterocycles. The summed E-state index contributed by atoms with van der Waals surface area (Å²) >= 11 is 0. The minimum absolute atomic E-state index is 0.164. The number of anilines is 2. The summed E-state index contributed by atoms with van der Waals surface area (Å²) in [6.45, 7) is 6.54. The zero-order valence-corrected chi connectivity index (χ0v) is 28.7. The van der Waals surface area contributed by atoms with E-state index in [0.717, 1.165) is 74.9 Å². The van der Waals surface area contributed by atoms with E-state index in [0.29, 0.717) is 49.8 Å². The van der Waals surface area contributed by atoms with Crippen LogP contribution in [0.4, 0.5) is 24.5 Å². The highest BCUT2D eigenvalue weighted by Crippen LogP contribution is 2.37. The molecule has 3 fully saturated rings. The van der Waals surface area contributed by atoms with Gasteiger partial charge in [-0.15, -0.1) is 0 Å². The Morgan fingerprint density at radius 2 is 1.63 bits per heavy atom. The summed E-state index contributed by atoms with van der Waals surface area (Å²) < 4.78 is 46.2. The largest absolute Gasteiger partial charge is 0.478 e. The topological polar surface area (TPSA) is 122 Å². The van der Waals surface area contributed by atoms with E-state index in [9.17, 15) is 27.6 Å². The molecule has 11 nitrogen and oxygen atoms in total. The maximum Gasteiger partial charge on any atom is 0.417 e. The second-order valence-electron chi connectivity index (χ2n) is 13.8. The molecule has 1 aromatic heterocycles. The third-order valence-corrected chi connectivity index (χ3v) is 10.6. The van der Waals surface area contributed by atoms with Crippen LogP contribution in [0.1, 0.15) is 70.6 Å². The molecule has 4 aliphatic rings. The number of fused-ring (bicyclic) bond motifs is 1. The molecule has 0 radical (unpaired) electrons. The number of piperazine rings is 1. The summed E-state index contributed by atoms with van der Waals surface area (Å²) in [5.41, 5.74) is 2.89. The highest BCUT2D eigenvalue weighted by molar-refractivity contribution is 6.05. The van der Waals surface area contributed by atoms with Crippen molar-refractivity contribution < 1.29 is 32.3 Å². The number of nitriles is 1. The number of aromatic nitrogens is 1. The Kier molecular flexibility index (Phi) is 10.1. The van der Waals surface area contributed by atoms with E-state index in [-0.39, 0.29) is 29.7 Å². The average molecular weight is 716 g/mol. The van der Waals surface area contributed by atoms with E-state index >= 15 is 0 Å². The molecule has 0 bridgehead atoms. The van der Waals surface area contributed by atoms with E-state index in [2.05, 4.69) is 26.2 Å². The monoisotopic (exact) mass is 715 g/mol. The lowest BCUT2D eigenvalue weighted by atomic mass is 9.90. The van der Waals surface area contributed by atoms with Crippen LogP contribution in [-0.2, 0) is 22.3 Å². The number of amides is 3. The van der Waals surface area contributed by atoms with Gasteiger partial charge in [0.2, 0.25) is 17.7 Å². The summed E-state index contributed by atoms with van der Waals surface area (Å²) in [7, 11) is 0. The van der Waals surface area contributed by atoms with E-state index < -0.39 is 23.7 Å². The molecule has 7 rings (SSSR count). The Balaban J connectivity index is 0.821. The first-order valence-electron chi connectivity index (χ1n) is 17.8. The van der Waals surface area contributed by atoms with E-state index in [4.69, 9.17) is 10.00 Å². The maximum atomic E-state index is 13.4. The standard InChI is InChI=1S/C38H40F3N7O4/c39-38(40,41)32-21-30(4-2-26(32)22-42)46-13-10-25(11-14-46)27-3-9-35(43-23-27)52-19-1-12-45-15-17-47(18-16-45)29-5-6-31-28(20-29)24-48(37(31)51)33-7-8-34(49)44-36(33)50/h2-6,9,20-21,23,25,33H,1,7-8,10-19,24H2,(H,44,49,50). The van der Waals surface area contributed by atoms with Crippen LogP contribution in [0.3, 0.4) is 0 Å². The quantitative estimate of drug-likeness (QED) is 0.248. The number of nitrogens with one attached hydrogen (secondary N) is 1. The van der Waals surface area contributed by atoms with Gasteiger partial charge in [0.15, 0.2) is 0 Å². The van der Waals surface area contributed by atoms with Crippen molar-refractivity contribution in [3.8, 4) is 11.9 Å².